The standard InChI is InChI=1S/C22H22N2O3S/c1-17-9-11-19(12-10-17)28(26,27)24-15-13-23(14-16-24)22(25)21-8-4-6-18-5-2-3-7-20(18)21/h2-12H,13-16H2,1H3. The van der Waals surface area contributed by atoms with Crippen LogP contribution in [0.4, 0.5) is 0 Å². The molecule has 1 heterocycles. The van der Waals surface area contributed by atoms with Gasteiger partial charge in [-0.25, -0.2) is 8.42 Å². The second-order valence-electron chi connectivity index (χ2n) is 7.04. The summed E-state index contributed by atoms with van der Waals surface area (Å²) in [5.41, 5.74) is 1.68. The monoisotopic (exact) mass is 394 g/mol. The van der Waals surface area contributed by atoms with Crippen LogP contribution in [-0.4, -0.2) is 49.7 Å². The molecule has 6 heteroatoms. The number of sulfonamides is 1. The minimum Gasteiger partial charge on any atom is -0.336 e. The maximum Gasteiger partial charge on any atom is 0.254 e. The molecule has 0 N–H and O–H groups in total. The molecule has 144 valence electrons. The van der Waals surface area contributed by atoms with Crippen LogP contribution in [0.3, 0.4) is 0 Å². The predicted molar refractivity (Wildman–Crippen MR) is 110 cm³/mol. The van der Waals surface area contributed by atoms with Gasteiger partial charge < -0.3 is 4.90 Å². The van der Waals surface area contributed by atoms with Gasteiger partial charge in [-0.2, -0.15) is 4.31 Å². The van der Waals surface area contributed by atoms with E-state index in [1.54, 1.807) is 29.2 Å². The van der Waals surface area contributed by atoms with Gasteiger partial charge in [-0.1, -0.05) is 54.1 Å². The summed E-state index contributed by atoms with van der Waals surface area (Å²) >= 11 is 0. The van der Waals surface area contributed by atoms with Gasteiger partial charge in [-0.3, -0.25) is 4.79 Å². The quantitative estimate of drug-likeness (QED) is 0.685. The molecule has 0 unspecified atom stereocenters. The topological polar surface area (TPSA) is 57.7 Å². The number of nitrogens with zero attached hydrogens (tertiary/aromatic N) is 2. The first-order chi connectivity index (χ1) is 13.5. The summed E-state index contributed by atoms with van der Waals surface area (Å²) in [4.78, 5) is 15.1. The van der Waals surface area contributed by atoms with Crippen molar-refractivity contribution >= 4 is 26.7 Å². The first-order valence-corrected chi connectivity index (χ1v) is 10.7. The lowest BCUT2D eigenvalue weighted by molar-refractivity contribution is 0.0700. The zero-order valence-corrected chi connectivity index (χ0v) is 16.5. The van der Waals surface area contributed by atoms with Gasteiger partial charge >= 0.3 is 0 Å². The molecular weight excluding hydrogens is 372 g/mol. The molecule has 1 saturated heterocycles. The summed E-state index contributed by atoms with van der Waals surface area (Å²) in [5, 5.41) is 1.94. The molecule has 5 nitrogen and oxygen atoms in total. The third-order valence-electron chi connectivity index (χ3n) is 5.20. The Morgan fingerprint density at radius 3 is 2.18 bits per heavy atom. The zero-order valence-electron chi connectivity index (χ0n) is 15.7. The molecule has 0 aliphatic carbocycles. The van der Waals surface area contributed by atoms with Crippen molar-refractivity contribution in [2.24, 2.45) is 0 Å². The van der Waals surface area contributed by atoms with E-state index in [0.29, 0.717) is 36.6 Å². The number of rotatable bonds is 3. The average Bonchev–Trinajstić information content (AvgIpc) is 2.73. The van der Waals surface area contributed by atoms with Crippen LogP contribution in [-0.2, 0) is 10.0 Å². The van der Waals surface area contributed by atoms with Crippen LogP contribution in [0.15, 0.2) is 71.6 Å². The predicted octanol–water partition coefficient (Wildman–Crippen LogP) is 3.29. The highest BCUT2D eigenvalue weighted by atomic mass is 32.2. The molecule has 0 aromatic heterocycles. The number of aryl methyl sites for hydroxylation is 1. The number of benzene rings is 3. The van der Waals surface area contributed by atoms with Gasteiger partial charge in [-0.15, -0.1) is 0 Å². The Hall–Kier alpha value is -2.70. The van der Waals surface area contributed by atoms with E-state index >= 15 is 0 Å². The van der Waals surface area contributed by atoms with Crippen LogP contribution in [0.5, 0.6) is 0 Å². The Balaban J connectivity index is 1.51. The van der Waals surface area contributed by atoms with Crippen LogP contribution in [0.1, 0.15) is 15.9 Å². The smallest absolute Gasteiger partial charge is 0.254 e. The zero-order chi connectivity index (χ0) is 19.7. The van der Waals surface area contributed by atoms with E-state index in [2.05, 4.69) is 0 Å². The molecule has 28 heavy (non-hydrogen) atoms. The highest BCUT2D eigenvalue weighted by molar-refractivity contribution is 7.89. The number of amides is 1. The molecular formula is C22H22N2O3S. The lowest BCUT2D eigenvalue weighted by Crippen LogP contribution is -2.50. The Morgan fingerprint density at radius 1 is 0.821 bits per heavy atom. The fraction of sp³-hybridized carbons (Fsp3) is 0.227. The highest BCUT2D eigenvalue weighted by Crippen LogP contribution is 2.22. The third kappa shape index (κ3) is 3.41. The molecule has 3 aromatic rings. The van der Waals surface area contributed by atoms with Crippen LogP contribution < -0.4 is 0 Å². The molecule has 1 aliphatic heterocycles. The molecule has 0 saturated carbocycles. The van der Waals surface area contributed by atoms with Gasteiger partial charge in [0.05, 0.1) is 4.90 Å². The minimum absolute atomic E-state index is 0.0517. The first-order valence-electron chi connectivity index (χ1n) is 9.31. The van der Waals surface area contributed by atoms with Crippen LogP contribution in [0.25, 0.3) is 10.8 Å². The Kier molecular flexibility index (Phi) is 4.91. The summed E-state index contributed by atoms with van der Waals surface area (Å²) < 4.78 is 27.1. The average molecular weight is 394 g/mol. The van der Waals surface area contributed by atoms with Crippen molar-refractivity contribution in [2.45, 2.75) is 11.8 Å². The molecule has 0 radical (unpaired) electrons. The van der Waals surface area contributed by atoms with Crippen molar-refractivity contribution in [1.29, 1.82) is 0 Å². The molecule has 3 aromatic carbocycles. The van der Waals surface area contributed by atoms with Gasteiger partial charge in [0.25, 0.3) is 5.91 Å². The largest absolute Gasteiger partial charge is 0.336 e. The van der Waals surface area contributed by atoms with Gasteiger partial charge in [0, 0.05) is 31.7 Å². The molecule has 0 bridgehead atoms. The molecule has 4 rings (SSSR count). The van der Waals surface area contributed by atoms with E-state index in [0.717, 1.165) is 16.3 Å². The van der Waals surface area contributed by atoms with Gasteiger partial charge in [-0.05, 0) is 35.9 Å². The Morgan fingerprint density at radius 2 is 1.46 bits per heavy atom. The van der Waals surface area contributed by atoms with E-state index < -0.39 is 10.0 Å². The number of hydrogen-bond donors (Lipinski definition) is 0. The van der Waals surface area contributed by atoms with Gasteiger partial charge in [0.2, 0.25) is 10.0 Å². The second-order valence-corrected chi connectivity index (χ2v) is 8.97. The van der Waals surface area contributed by atoms with E-state index in [1.165, 1.54) is 4.31 Å². The highest BCUT2D eigenvalue weighted by Gasteiger charge is 2.30. The number of hydrogen-bond acceptors (Lipinski definition) is 3. The van der Waals surface area contributed by atoms with Crippen molar-refractivity contribution in [3.63, 3.8) is 0 Å². The lowest BCUT2D eigenvalue weighted by Gasteiger charge is -2.34. The SMILES string of the molecule is Cc1ccc(S(=O)(=O)N2CCN(C(=O)c3cccc4ccccc34)CC2)cc1. The summed E-state index contributed by atoms with van der Waals surface area (Å²) in [6.45, 7) is 3.29. The maximum absolute atomic E-state index is 13.0. The first kappa shape index (κ1) is 18.7. The number of fused-ring (bicyclic) bond motifs is 1. The molecule has 0 atom stereocenters. The third-order valence-corrected chi connectivity index (χ3v) is 7.12. The maximum atomic E-state index is 13.0. The summed E-state index contributed by atoms with van der Waals surface area (Å²) in [6, 6.07) is 20.4. The molecule has 0 spiro atoms. The second kappa shape index (κ2) is 7.37. The number of piperazine rings is 1. The number of carbonyl (C=O) groups is 1. The van der Waals surface area contributed by atoms with E-state index in [4.69, 9.17) is 0 Å². The van der Waals surface area contributed by atoms with E-state index in [-0.39, 0.29) is 5.91 Å². The summed E-state index contributed by atoms with van der Waals surface area (Å²) in [5.74, 6) is -0.0517. The van der Waals surface area contributed by atoms with Crippen molar-refractivity contribution in [1.82, 2.24) is 9.21 Å². The van der Waals surface area contributed by atoms with Crippen LogP contribution >= 0.6 is 0 Å². The fourth-order valence-corrected chi connectivity index (χ4v) is 5.00. The van der Waals surface area contributed by atoms with Crippen molar-refractivity contribution < 1.29 is 13.2 Å². The van der Waals surface area contributed by atoms with E-state index in [1.807, 2.05) is 49.4 Å². The molecule has 1 aliphatic rings. The van der Waals surface area contributed by atoms with Crippen LogP contribution in [0.2, 0.25) is 0 Å². The lowest BCUT2D eigenvalue weighted by atomic mass is 10.0. The number of carbonyl (C=O) groups excluding carboxylic acids is 1. The Labute approximate surface area is 165 Å². The van der Waals surface area contributed by atoms with Gasteiger partial charge in [0.1, 0.15) is 0 Å². The van der Waals surface area contributed by atoms with Crippen molar-refractivity contribution in [2.75, 3.05) is 26.2 Å². The summed E-state index contributed by atoms with van der Waals surface area (Å²) in [6.07, 6.45) is 0. The summed E-state index contributed by atoms with van der Waals surface area (Å²) in [7, 11) is -3.53. The van der Waals surface area contributed by atoms with Gasteiger partial charge in [0.15, 0.2) is 0 Å². The van der Waals surface area contributed by atoms with Crippen LogP contribution in [0, 0.1) is 6.92 Å². The Bertz CT molecular complexity index is 1110. The molecule has 1 fully saturated rings. The van der Waals surface area contributed by atoms with E-state index in [9.17, 15) is 13.2 Å². The normalized spacial score (nSPS) is 15.7. The minimum atomic E-state index is -3.53. The fourth-order valence-electron chi connectivity index (χ4n) is 3.57. The molecule has 1 amide bonds. The van der Waals surface area contributed by atoms with Crippen molar-refractivity contribution in [3.05, 3.63) is 77.9 Å². The van der Waals surface area contributed by atoms with Crippen molar-refractivity contribution in [3.8, 4) is 0 Å².